The quantitative estimate of drug-likeness (QED) is 0.871. The van der Waals surface area contributed by atoms with Crippen LogP contribution in [0, 0.1) is 11.3 Å². The van der Waals surface area contributed by atoms with Crippen LogP contribution < -0.4 is 5.32 Å². The minimum absolute atomic E-state index is 0.0292. The Morgan fingerprint density at radius 1 is 1.20 bits per heavy atom. The maximum Gasteiger partial charge on any atom is 0.433 e. The molecule has 1 aromatic rings. The molecule has 2 N–H and O–H groups in total. The van der Waals surface area contributed by atoms with E-state index >= 15 is 0 Å². The molecule has 0 spiro atoms. The van der Waals surface area contributed by atoms with Crippen LogP contribution in [0.1, 0.15) is 59.8 Å². The number of aliphatic carboxylic acids is 1. The largest absolute Gasteiger partial charge is 0.481 e. The van der Waals surface area contributed by atoms with Crippen molar-refractivity contribution in [1.29, 1.82) is 0 Å². The van der Waals surface area contributed by atoms with Crippen molar-refractivity contribution in [2.45, 2.75) is 50.2 Å². The molecule has 3 aliphatic carbocycles. The van der Waals surface area contributed by atoms with Crippen molar-refractivity contribution in [2.75, 3.05) is 0 Å². The number of carbonyl (C=O) groups is 2. The number of amides is 1. The molecule has 0 bridgehead atoms. The number of rotatable bonds is 4. The number of nitrogens with one attached hydrogen (secondary N) is 1. The number of alkyl halides is 3. The zero-order chi connectivity index (χ0) is 18.0. The smallest absolute Gasteiger partial charge is 0.433 e. The summed E-state index contributed by atoms with van der Waals surface area (Å²) in [6.45, 7) is 0. The first-order valence-corrected chi connectivity index (χ1v) is 8.35. The van der Waals surface area contributed by atoms with E-state index in [1.165, 1.54) is 6.07 Å². The molecule has 4 rings (SSSR count). The Hall–Kier alpha value is -2.12. The lowest BCUT2D eigenvalue weighted by Crippen LogP contribution is -2.43. The van der Waals surface area contributed by atoms with Crippen LogP contribution in [0.5, 0.6) is 0 Å². The van der Waals surface area contributed by atoms with Crippen LogP contribution in [0.25, 0.3) is 0 Å². The van der Waals surface area contributed by atoms with E-state index in [4.69, 9.17) is 0 Å². The average molecular weight is 354 g/mol. The van der Waals surface area contributed by atoms with Gasteiger partial charge in [-0.25, -0.2) is 4.98 Å². The fraction of sp³-hybridized carbons (Fsp3) is 0.588. The molecule has 1 heterocycles. The topological polar surface area (TPSA) is 79.3 Å². The Labute approximate surface area is 141 Å². The first-order valence-electron chi connectivity index (χ1n) is 8.35. The van der Waals surface area contributed by atoms with Gasteiger partial charge in [0, 0.05) is 23.2 Å². The molecule has 5 nitrogen and oxygen atoms in total. The summed E-state index contributed by atoms with van der Waals surface area (Å²) >= 11 is 0. The van der Waals surface area contributed by atoms with Crippen molar-refractivity contribution >= 4 is 11.9 Å². The summed E-state index contributed by atoms with van der Waals surface area (Å²) in [6.07, 6.45) is -1.32. The molecule has 0 saturated heterocycles. The van der Waals surface area contributed by atoms with Crippen molar-refractivity contribution in [3.05, 3.63) is 29.1 Å². The third kappa shape index (κ3) is 2.67. The number of hydrogen-bond acceptors (Lipinski definition) is 3. The summed E-state index contributed by atoms with van der Waals surface area (Å²) in [4.78, 5) is 27.7. The molecule has 0 radical (unpaired) electrons. The van der Waals surface area contributed by atoms with Crippen LogP contribution >= 0.6 is 0 Å². The number of nitrogens with zero attached hydrogens (tertiary/aromatic N) is 1. The van der Waals surface area contributed by atoms with Crippen LogP contribution in [0.4, 0.5) is 13.2 Å². The predicted molar refractivity (Wildman–Crippen MR) is 79.9 cm³/mol. The number of pyridine rings is 1. The average Bonchev–Trinajstić information content (AvgIpc) is 3.45. The van der Waals surface area contributed by atoms with Crippen LogP contribution in [0.2, 0.25) is 0 Å². The van der Waals surface area contributed by atoms with Gasteiger partial charge in [0.15, 0.2) is 0 Å². The van der Waals surface area contributed by atoms with Crippen molar-refractivity contribution < 1.29 is 27.9 Å². The van der Waals surface area contributed by atoms with Gasteiger partial charge in [-0.15, -0.1) is 0 Å². The Balaban J connectivity index is 1.60. The third-order valence-electron chi connectivity index (χ3n) is 5.68. The lowest BCUT2D eigenvalue weighted by atomic mass is 9.97. The molecule has 3 atom stereocenters. The van der Waals surface area contributed by atoms with Gasteiger partial charge < -0.3 is 10.4 Å². The van der Waals surface area contributed by atoms with Crippen LogP contribution in [-0.4, -0.2) is 28.0 Å². The lowest BCUT2D eigenvalue weighted by Gasteiger charge is -2.21. The van der Waals surface area contributed by atoms with Gasteiger partial charge in [0.1, 0.15) is 5.69 Å². The van der Waals surface area contributed by atoms with Gasteiger partial charge in [0.2, 0.25) is 0 Å². The SMILES string of the molecule is O=C(NC1CCC2CC21C(=O)O)c1cc(C2CC2)nc(C(F)(F)F)c1. The zero-order valence-electron chi connectivity index (χ0n) is 13.3. The number of halogens is 3. The lowest BCUT2D eigenvalue weighted by molar-refractivity contribution is -0.144. The molecule has 0 aliphatic heterocycles. The van der Waals surface area contributed by atoms with E-state index in [-0.39, 0.29) is 23.1 Å². The molecule has 134 valence electrons. The maximum atomic E-state index is 13.1. The normalized spacial score (nSPS) is 30.7. The Bertz CT molecular complexity index is 760. The van der Waals surface area contributed by atoms with Crippen molar-refractivity contribution in [2.24, 2.45) is 11.3 Å². The highest BCUT2D eigenvalue weighted by Crippen LogP contribution is 2.63. The van der Waals surface area contributed by atoms with E-state index < -0.39 is 35.2 Å². The van der Waals surface area contributed by atoms with Gasteiger partial charge in [-0.1, -0.05) is 0 Å². The van der Waals surface area contributed by atoms with Gasteiger partial charge in [0.05, 0.1) is 5.41 Å². The number of carboxylic acid groups (broad SMARTS) is 1. The number of hydrogen-bond donors (Lipinski definition) is 2. The molecule has 3 aliphatic rings. The van der Waals surface area contributed by atoms with Crippen LogP contribution in [0.15, 0.2) is 12.1 Å². The monoisotopic (exact) mass is 354 g/mol. The standard InChI is InChI=1S/C17H17F3N2O3/c18-17(19,20)13-6-9(5-11(21-13)8-1-2-8)14(23)22-12-4-3-10-7-16(10,12)15(24)25/h5-6,8,10,12H,1-4,7H2,(H,22,23)(H,24,25). The maximum absolute atomic E-state index is 13.1. The van der Waals surface area contributed by atoms with E-state index in [0.717, 1.165) is 18.9 Å². The van der Waals surface area contributed by atoms with E-state index in [9.17, 15) is 27.9 Å². The Kier molecular flexibility index (Phi) is 3.39. The predicted octanol–water partition coefficient (Wildman–Crippen LogP) is 2.96. The second-order valence-electron chi connectivity index (χ2n) is 7.29. The summed E-state index contributed by atoms with van der Waals surface area (Å²) in [7, 11) is 0. The molecule has 25 heavy (non-hydrogen) atoms. The first kappa shape index (κ1) is 16.4. The minimum Gasteiger partial charge on any atom is -0.481 e. The van der Waals surface area contributed by atoms with Gasteiger partial charge in [-0.2, -0.15) is 13.2 Å². The van der Waals surface area contributed by atoms with Crippen molar-refractivity contribution in [3.63, 3.8) is 0 Å². The number of fused-ring (bicyclic) bond motifs is 1. The molecular formula is C17H17F3N2O3. The van der Waals surface area contributed by atoms with Gasteiger partial charge in [-0.3, -0.25) is 9.59 Å². The summed E-state index contributed by atoms with van der Waals surface area (Å²) in [5, 5.41) is 12.1. The fourth-order valence-corrected chi connectivity index (χ4v) is 4.03. The van der Waals surface area contributed by atoms with Gasteiger partial charge >= 0.3 is 12.1 Å². The van der Waals surface area contributed by atoms with E-state index in [0.29, 0.717) is 19.3 Å². The molecule has 1 aromatic heterocycles. The number of carboxylic acids is 1. The van der Waals surface area contributed by atoms with E-state index in [1.54, 1.807) is 0 Å². The summed E-state index contributed by atoms with van der Waals surface area (Å²) < 4.78 is 39.2. The van der Waals surface area contributed by atoms with Gasteiger partial charge in [0.25, 0.3) is 5.91 Å². The van der Waals surface area contributed by atoms with E-state index in [1.807, 2.05) is 0 Å². The second-order valence-corrected chi connectivity index (χ2v) is 7.29. The van der Waals surface area contributed by atoms with Crippen LogP contribution in [-0.2, 0) is 11.0 Å². The molecule has 3 saturated carbocycles. The Morgan fingerprint density at radius 2 is 1.92 bits per heavy atom. The van der Waals surface area contributed by atoms with Crippen LogP contribution in [0.3, 0.4) is 0 Å². The highest BCUT2D eigenvalue weighted by molar-refractivity contribution is 5.95. The molecule has 3 fully saturated rings. The highest BCUT2D eigenvalue weighted by atomic mass is 19.4. The first-order chi connectivity index (χ1) is 11.7. The minimum atomic E-state index is -4.63. The summed E-state index contributed by atoms with van der Waals surface area (Å²) in [5.74, 6) is -1.57. The number of aromatic nitrogens is 1. The summed E-state index contributed by atoms with van der Waals surface area (Å²) in [5.41, 5.74) is -1.84. The molecule has 3 unspecified atom stereocenters. The van der Waals surface area contributed by atoms with Crippen molar-refractivity contribution in [3.8, 4) is 0 Å². The molecule has 1 amide bonds. The Morgan fingerprint density at radius 3 is 2.48 bits per heavy atom. The third-order valence-corrected chi connectivity index (χ3v) is 5.68. The van der Waals surface area contributed by atoms with E-state index in [2.05, 4.69) is 10.3 Å². The fourth-order valence-electron chi connectivity index (χ4n) is 4.03. The van der Waals surface area contributed by atoms with Gasteiger partial charge in [-0.05, 0) is 50.2 Å². The van der Waals surface area contributed by atoms with Crippen molar-refractivity contribution in [1.82, 2.24) is 10.3 Å². The zero-order valence-corrected chi connectivity index (χ0v) is 13.3. The number of carbonyl (C=O) groups excluding carboxylic acids is 1. The summed E-state index contributed by atoms with van der Waals surface area (Å²) in [6, 6.07) is 1.61. The molecular weight excluding hydrogens is 337 g/mol. The highest BCUT2D eigenvalue weighted by Gasteiger charge is 2.68. The molecule has 8 heteroatoms. The molecule has 0 aromatic carbocycles. The second kappa shape index (κ2) is 5.19.